The van der Waals surface area contributed by atoms with Crippen molar-refractivity contribution in [1.29, 1.82) is 0 Å². The van der Waals surface area contributed by atoms with Crippen LogP contribution >= 0.6 is 0 Å². The first kappa shape index (κ1) is 11.4. The Balaban J connectivity index is 2.62. The number of para-hydroxylation sites is 1. The molecular formula is C13H14N2O2. The van der Waals surface area contributed by atoms with Gasteiger partial charge >= 0.3 is 0 Å². The lowest BCUT2D eigenvalue weighted by molar-refractivity contribution is -0.361. The normalized spacial score (nSPS) is 10.5. The van der Waals surface area contributed by atoms with Crippen LogP contribution < -0.4 is 15.0 Å². The van der Waals surface area contributed by atoms with E-state index in [-0.39, 0.29) is 6.42 Å². The van der Waals surface area contributed by atoms with Crippen molar-refractivity contribution >= 4 is 22.6 Å². The van der Waals surface area contributed by atoms with Crippen LogP contribution in [-0.2, 0) is 11.2 Å². The number of hydrogen-bond acceptors (Lipinski definition) is 3. The Labute approximate surface area is 99.5 Å². The molecule has 2 aromatic rings. The summed E-state index contributed by atoms with van der Waals surface area (Å²) >= 11 is 0. The van der Waals surface area contributed by atoms with Gasteiger partial charge in [0.2, 0.25) is 5.52 Å². The van der Waals surface area contributed by atoms with E-state index >= 15 is 0 Å². The maximum Gasteiger partial charge on any atom is 0.213 e. The minimum absolute atomic E-state index is 0.105. The molecule has 1 aromatic carbocycles. The maximum atomic E-state index is 10.6. The highest BCUT2D eigenvalue weighted by molar-refractivity contribution is 5.89. The Bertz CT molecular complexity index is 564. The second kappa shape index (κ2) is 4.41. The summed E-state index contributed by atoms with van der Waals surface area (Å²) in [4.78, 5) is 15.7. The van der Waals surface area contributed by atoms with Crippen molar-refractivity contribution in [2.75, 3.05) is 19.0 Å². The Morgan fingerprint density at radius 1 is 1.35 bits per heavy atom. The highest BCUT2D eigenvalue weighted by Gasteiger charge is 2.12. The number of H-pyrrole nitrogens is 1. The highest BCUT2D eigenvalue weighted by Crippen LogP contribution is 2.23. The summed E-state index contributed by atoms with van der Waals surface area (Å²) in [6.45, 7) is 0. The number of nitrogens with zero attached hydrogens (tertiary/aromatic N) is 1. The van der Waals surface area contributed by atoms with Gasteiger partial charge in [-0.25, -0.2) is 4.98 Å². The van der Waals surface area contributed by atoms with Crippen molar-refractivity contribution in [2.24, 2.45) is 0 Å². The monoisotopic (exact) mass is 230 g/mol. The van der Waals surface area contributed by atoms with Crippen LogP contribution in [0.4, 0.5) is 5.69 Å². The molecule has 0 aliphatic carbocycles. The second-order valence-corrected chi connectivity index (χ2v) is 4.17. The number of carbonyl (C=O) groups excluding carboxylic acids is 1. The molecule has 2 rings (SSSR count). The number of benzene rings is 1. The van der Waals surface area contributed by atoms with Gasteiger partial charge in [-0.1, -0.05) is 12.1 Å². The van der Waals surface area contributed by atoms with E-state index in [1.165, 1.54) is 0 Å². The van der Waals surface area contributed by atoms with Crippen molar-refractivity contribution in [3.8, 4) is 0 Å². The Morgan fingerprint density at radius 2 is 2.06 bits per heavy atom. The summed E-state index contributed by atoms with van der Waals surface area (Å²) in [5.74, 6) is -1.08. The molecule has 0 atom stereocenters. The molecule has 0 aliphatic heterocycles. The topological polar surface area (TPSA) is 57.5 Å². The first-order valence-corrected chi connectivity index (χ1v) is 5.39. The Hall–Kier alpha value is -2.10. The lowest BCUT2D eigenvalue weighted by Gasteiger charge is -2.14. The molecule has 0 fully saturated rings. The number of rotatable bonds is 3. The zero-order valence-electron chi connectivity index (χ0n) is 9.86. The van der Waals surface area contributed by atoms with Gasteiger partial charge in [-0.3, -0.25) is 0 Å². The zero-order valence-corrected chi connectivity index (χ0v) is 9.86. The molecule has 0 bridgehead atoms. The number of pyridine rings is 1. The summed E-state index contributed by atoms with van der Waals surface area (Å²) in [6, 6.07) is 9.66. The van der Waals surface area contributed by atoms with Crippen molar-refractivity contribution in [3.05, 3.63) is 36.0 Å². The number of nitrogens with one attached hydrogen (secondary N) is 1. The third kappa shape index (κ3) is 2.36. The van der Waals surface area contributed by atoms with Crippen LogP contribution in [0.3, 0.4) is 0 Å². The first-order chi connectivity index (χ1) is 8.08. The molecule has 1 heterocycles. The van der Waals surface area contributed by atoms with Crippen LogP contribution in [0.2, 0.25) is 0 Å². The van der Waals surface area contributed by atoms with Crippen LogP contribution in [0.5, 0.6) is 0 Å². The molecule has 17 heavy (non-hydrogen) atoms. The smallest absolute Gasteiger partial charge is 0.213 e. The standard InChI is InChI=1S/C13H14N2O2/c1-15(2)12-7-9(8-13(16)17)14-11-6-4-3-5-10(11)12/h3-7H,8H2,1-2H3,(H,16,17). The predicted molar refractivity (Wildman–Crippen MR) is 63.5 cm³/mol. The Kier molecular flexibility index (Phi) is 2.95. The average Bonchev–Trinajstić information content (AvgIpc) is 2.27. The number of hydrogen-bond donors (Lipinski definition) is 0. The summed E-state index contributed by atoms with van der Waals surface area (Å²) < 4.78 is 0. The quantitative estimate of drug-likeness (QED) is 0.746. The minimum atomic E-state index is -1.08. The van der Waals surface area contributed by atoms with Gasteiger partial charge < -0.3 is 14.8 Å². The largest absolute Gasteiger partial charge is 0.550 e. The number of anilines is 1. The first-order valence-electron chi connectivity index (χ1n) is 5.39. The van der Waals surface area contributed by atoms with E-state index in [0.717, 1.165) is 16.6 Å². The number of carbonyl (C=O) groups is 1. The molecule has 0 amide bonds. The molecule has 0 saturated carbocycles. The summed E-state index contributed by atoms with van der Waals surface area (Å²) in [7, 11) is 3.87. The lowest BCUT2D eigenvalue weighted by atomic mass is 10.1. The van der Waals surface area contributed by atoms with Crippen LogP contribution in [0.15, 0.2) is 30.3 Å². The van der Waals surface area contributed by atoms with E-state index in [2.05, 4.69) is 4.98 Å². The summed E-state index contributed by atoms with van der Waals surface area (Å²) in [5, 5.41) is 11.7. The van der Waals surface area contributed by atoms with Gasteiger partial charge in [0.05, 0.1) is 23.5 Å². The van der Waals surface area contributed by atoms with Crippen LogP contribution in [-0.4, -0.2) is 20.1 Å². The average molecular weight is 230 g/mol. The molecule has 0 radical (unpaired) electrons. The lowest BCUT2D eigenvalue weighted by Crippen LogP contribution is -2.28. The van der Waals surface area contributed by atoms with E-state index in [1.807, 2.05) is 49.3 Å². The van der Waals surface area contributed by atoms with Gasteiger partial charge in [0.15, 0.2) is 5.69 Å². The molecule has 1 aromatic heterocycles. The number of carboxylic acid groups (broad SMARTS) is 1. The fourth-order valence-corrected chi connectivity index (χ4v) is 1.89. The van der Waals surface area contributed by atoms with Gasteiger partial charge in [0.25, 0.3) is 0 Å². The molecule has 0 saturated heterocycles. The molecular weight excluding hydrogens is 216 g/mol. The van der Waals surface area contributed by atoms with Gasteiger partial charge in [-0.05, 0) is 6.07 Å². The van der Waals surface area contributed by atoms with Gasteiger partial charge in [-0.2, -0.15) is 0 Å². The van der Waals surface area contributed by atoms with Crippen LogP contribution in [0, 0.1) is 0 Å². The Morgan fingerprint density at radius 3 is 2.71 bits per heavy atom. The zero-order chi connectivity index (χ0) is 12.4. The predicted octanol–water partition coefficient (Wildman–Crippen LogP) is 0.0123. The van der Waals surface area contributed by atoms with Gasteiger partial charge in [0.1, 0.15) is 0 Å². The number of fused-ring (bicyclic) bond motifs is 1. The summed E-state index contributed by atoms with van der Waals surface area (Å²) in [5.41, 5.74) is 2.57. The SMILES string of the molecule is CN(C)c1cc(CC(=O)[O-])[nH+]c2ccccc12. The van der Waals surface area contributed by atoms with Crippen molar-refractivity contribution in [2.45, 2.75) is 6.42 Å². The van der Waals surface area contributed by atoms with E-state index in [4.69, 9.17) is 0 Å². The fourth-order valence-electron chi connectivity index (χ4n) is 1.89. The number of aromatic nitrogens is 1. The van der Waals surface area contributed by atoms with Crippen molar-refractivity contribution < 1.29 is 14.9 Å². The van der Waals surface area contributed by atoms with Crippen molar-refractivity contribution in [1.82, 2.24) is 0 Å². The number of aromatic amines is 1. The van der Waals surface area contributed by atoms with Gasteiger partial charge in [0, 0.05) is 26.2 Å². The molecule has 1 N–H and O–H groups in total. The third-order valence-corrected chi connectivity index (χ3v) is 2.63. The van der Waals surface area contributed by atoms with Crippen LogP contribution in [0.1, 0.15) is 5.69 Å². The fraction of sp³-hybridized carbons (Fsp3) is 0.231. The molecule has 0 spiro atoms. The van der Waals surface area contributed by atoms with E-state index in [0.29, 0.717) is 5.69 Å². The molecule has 4 nitrogen and oxygen atoms in total. The third-order valence-electron chi connectivity index (χ3n) is 2.63. The molecule has 0 unspecified atom stereocenters. The maximum absolute atomic E-state index is 10.6. The minimum Gasteiger partial charge on any atom is -0.550 e. The molecule has 88 valence electrons. The highest BCUT2D eigenvalue weighted by atomic mass is 16.4. The number of aliphatic carboxylic acids is 1. The van der Waals surface area contributed by atoms with E-state index in [1.54, 1.807) is 0 Å². The molecule has 4 heteroatoms. The van der Waals surface area contributed by atoms with E-state index < -0.39 is 5.97 Å². The molecule has 0 aliphatic rings. The van der Waals surface area contributed by atoms with Crippen LogP contribution in [0.25, 0.3) is 10.9 Å². The number of carboxylic acids is 1. The second-order valence-electron chi connectivity index (χ2n) is 4.17. The van der Waals surface area contributed by atoms with Gasteiger partial charge in [-0.15, -0.1) is 0 Å². The van der Waals surface area contributed by atoms with Crippen molar-refractivity contribution in [3.63, 3.8) is 0 Å². The van der Waals surface area contributed by atoms with E-state index in [9.17, 15) is 9.90 Å². The summed E-state index contributed by atoms with van der Waals surface area (Å²) in [6.07, 6.45) is -0.105.